The Balaban J connectivity index is 1.31. The molecule has 1 saturated carbocycles. The first kappa shape index (κ1) is 18.4. The van der Waals surface area contributed by atoms with Crippen molar-refractivity contribution in [3.05, 3.63) is 94.7 Å². The van der Waals surface area contributed by atoms with Crippen LogP contribution in [0, 0.1) is 10.1 Å². The van der Waals surface area contributed by atoms with E-state index in [0.717, 1.165) is 24.2 Å². The second kappa shape index (κ2) is 6.81. The molecule has 1 aliphatic rings. The van der Waals surface area contributed by atoms with Gasteiger partial charge in [-0.25, -0.2) is 19.5 Å². The van der Waals surface area contributed by atoms with Crippen LogP contribution in [-0.2, 0) is 5.41 Å². The van der Waals surface area contributed by atoms with Gasteiger partial charge in [-0.2, -0.15) is 5.10 Å². The lowest BCUT2D eigenvalue weighted by Crippen LogP contribution is -2.09. The molecule has 0 bridgehead atoms. The number of hydrogen-bond donors (Lipinski definition) is 1. The number of benzene rings is 2. The first-order chi connectivity index (χ1) is 15.6. The van der Waals surface area contributed by atoms with Gasteiger partial charge in [0.25, 0.3) is 5.69 Å². The summed E-state index contributed by atoms with van der Waals surface area (Å²) in [5, 5.41) is 19.2. The van der Waals surface area contributed by atoms with Crippen LogP contribution in [0.1, 0.15) is 24.0 Å². The van der Waals surface area contributed by atoms with Gasteiger partial charge >= 0.3 is 0 Å². The van der Waals surface area contributed by atoms with E-state index in [4.69, 9.17) is 0 Å². The highest BCUT2D eigenvalue weighted by molar-refractivity contribution is 5.92. The number of nitro groups is 1. The lowest BCUT2D eigenvalue weighted by Gasteiger charge is -2.17. The molecule has 32 heavy (non-hydrogen) atoms. The van der Waals surface area contributed by atoms with Crippen LogP contribution >= 0.6 is 0 Å². The highest BCUT2D eigenvalue weighted by Crippen LogP contribution is 2.53. The Morgan fingerprint density at radius 2 is 1.78 bits per heavy atom. The van der Waals surface area contributed by atoms with E-state index in [0.29, 0.717) is 16.7 Å². The van der Waals surface area contributed by atoms with Gasteiger partial charge in [-0.3, -0.25) is 10.1 Å². The smallest absolute Gasteiger partial charge is 0.270 e. The zero-order chi connectivity index (χ0) is 21.7. The summed E-state index contributed by atoms with van der Waals surface area (Å²) in [6.07, 6.45) is 7.14. The van der Waals surface area contributed by atoms with Crippen molar-refractivity contribution < 1.29 is 4.92 Å². The summed E-state index contributed by atoms with van der Waals surface area (Å²) in [7, 11) is 0. The van der Waals surface area contributed by atoms with Crippen LogP contribution in [0.2, 0.25) is 0 Å². The second-order valence-corrected chi connectivity index (χ2v) is 7.94. The highest BCUT2D eigenvalue weighted by atomic mass is 16.6. The maximum absolute atomic E-state index is 11.2. The maximum atomic E-state index is 11.2. The van der Waals surface area contributed by atoms with Crippen LogP contribution in [-0.4, -0.2) is 29.5 Å². The van der Waals surface area contributed by atoms with Crippen molar-refractivity contribution in [3.8, 4) is 0 Å². The van der Waals surface area contributed by atoms with Gasteiger partial charge < -0.3 is 5.32 Å². The average Bonchev–Trinajstić information content (AvgIpc) is 3.49. The van der Waals surface area contributed by atoms with Crippen molar-refractivity contribution in [2.45, 2.75) is 18.3 Å². The number of rotatable bonds is 5. The highest BCUT2D eigenvalue weighted by Gasteiger charge is 2.45. The molecule has 5 aromatic rings. The van der Waals surface area contributed by atoms with E-state index in [9.17, 15) is 10.1 Å². The van der Waals surface area contributed by atoms with E-state index in [1.54, 1.807) is 16.9 Å². The van der Waals surface area contributed by atoms with E-state index < -0.39 is 4.92 Å². The molecule has 6 rings (SSSR count). The van der Waals surface area contributed by atoms with Gasteiger partial charge in [-0.05, 0) is 54.3 Å². The van der Waals surface area contributed by atoms with Gasteiger partial charge in [0.15, 0.2) is 5.65 Å². The quantitative estimate of drug-likeness (QED) is 0.329. The third-order valence-electron chi connectivity index (χ3n) is 6.11. The summed E-state index contributed by atoms with van der Waals surface area (Å²) in [4.78, 5) is 23.5. The molecule has 1 fully saturated rings. The minimum Gasteiger partial charge on any atom is -0.340 e. The van der Waals surface area contributed by atoms with E-state index >= 15 is 0 Å². The Labute approximate surface area is 181 Å². The summed E-state index contributed by atoms with van der Waals surface area (Å²) in [5.74, 6) is 0.532. The average molecular weight is 423 g/mol. The van der Waals surface area contributed by atoms with Gasteiger partial charge in [0, 0.05) is 34.8 Å². The summed E-state index contributed by atoms with van der Waals surface area (Å²) in [5.41, 5.74) is 4.84. The number of nitrogens with zero attached hydrogens (tertiary/aromatic N) is 6. The molecular weight excluding hydrogens is 406 g/mol. The number of fused-ring (bicyclic) bond motifs is 2. The van der Waals surface area contributed by atoms with Gasteiger partial charge in [0.2, 0.25) is 0 Å². The minimum atomic E-state index is -0.420. The van der Waals surface area contributed by atoms with Crippen molar-refractivity contribution in [1.29, 1.82) is 0 Å². The summed E-state index contributed by atoms with van der Waals surface area (Å²) in [6, 6.07) is 17.0. The van der Waals surface area contributed by atoms with Crippen molar-refractivity contribution in [1.82, 2.24) is 24.6 Å². The zero-order valence-corrected chi connectivity index (χ0v) is 16.8. The predicted molar refractivity (Wildman–Crippen MR) is 119 cm³/mol. The van der Waals surface area contributed by atoms with Crippen LogP contribution in [0.4, 0.5) is 17.2 Å². The standard InChI is InChI=1S/C23H17N7O2/c31-30(32)18-5-6-20-19(12-18)22(26-13-24-20)28-17-3-1-15(2-4-17)23(8-9-23)16-7-10-29-21(11-16)25-14-27-29/h1-7,10-14H,8-9H2,(H,24,26,28). The Hall–Kier alpha value is -4.40. The lowest BCUT2D eigenvalue weighted by atomic mass is 9.88. The minimum absolute atomic E-state index is 0.00557. The van der Waals surface area contributed by atoms with Crippen LogP contribution in [0.25, 0.3) is 16.6 Å². The first-order valence-corrected chi connectivity index (χ1v) is 10.2. The number of anilines is 2. The van der Waals surface area contributed by atoms with E-state index in [-0.39, 0.29) is 11.1 Å². The summed E-state index contributed by atoms with van der Waals surface area (Å²) in [6.45, 7) is 0. The number of non-ortho nitro benzene ring substituents is 1. The van der Waals surface area contributed by atoms with Gasteiger partial charge in [-0.15, -0.1) is 0 Å². The van der Waals surface area contributed by atoms with Gasteiger partial charge in [0.1, 0.15) is 18.5 Å². The maximum Gasteiger partial charge on any atom is 0.270 e. The van der Waals surface area contributed by atoms with Crippen LogP contribution in [0.15, 0.2) is 73.4 Å². The van der Waals surface area contributed by atoms with E-state index in [1.165, 1.54) is 29.6 Å². The number of nitrogens with one attached hydrogen (secondary N) is 1. The number of hydrogen-bond acceptors (Lipinski definition) is 7. The Morgan fingerprint density at radius 1 is 0.938 bits per heavy atom. The molecule has 9 nitrogen and oxygen atoms in total. The third-order valence-corrected chi connectivity index (χ3v) is 6.11. The normalized spacial score (nSPS) is 14.5. The van der Waals surface area contributed by atoms with Crippen LogP contribution in [0.5, 0.6) is 0 Å². The fourth-order valence-electron chi connectivity index (χ4n) is 4.25. The molecular formula is C23H17N7O2. The van der Waals surface area contributed by atoms with Crippen LogP contribution in [0.3, 0.4) is 0 Å². The summed E-state index contributed by atoms with van der Waals surface area (Å²) >= 11 is 0. The van der Waals surface area contributed by atoms with Crippen molar-refractivity contribution in [2.24, 2.45) is 0 Å². The van der Waals surface area contributed by atoms with Crippen molar-refractivity contribution in [3.63, 3.8) is 0 Å². The SMILES string of the molecule is O=[N+]([O-])c1ccc2ncnc(Nc3ccc(C4(c5ccn6ncnc6c5)CC4)cc3)c2c1. The molecule has 3 heterocycles. The third kappa shape index (κ3) is 2.94. The Morgan fingerprint density at radius 3 is 2.56 bits per heavy atom. The Bertz CT molecular complexity index is 1490. The molecule has 3 aromatic heterocycles. The monoisotopic (exact) mass is 423 g/mol. The molecule has 1 aliphatic carbocycles. The molecule has 0 amide bonds. The number of nitro benzene ring substituents is 1. The van der Waals surface area contributed by atoms with E-state index in [2.05, 4.69) is 49.6 Å². The number of pyridine rings is 1. The molecule has 0 aliphatic heterocycles. The topological polar surface area (TPSA) is 111 Å². The van der Waals surface area contributed by atoms with Crippen molar-refractivity contribution in [2.75, 3.05) is 5.32 Å². The molecule has 1 N–H and O–H groups in total. The fourth-order valence-corrected chi connectivity index (χ4v) is 4.25. The molecule has 9 heteroatoms. The molecule has 0 unspecified atom stereocenters. The summed E-state index contributed by atoms with van der Waals surface area (Å²) < 4.78 is 1.77. The van der Waals surface area contributed by atoms with E-state index in [1.807, 2.05) is 18.3 Å². The predicted octanol–water partition coefficient (Wildman–Crippen LogP) is 4.40. The van der Waals surface area contributed by atoms with Crippen LogP contribution < -0.4 is 5.32 Å². The molecule has 156 valence electrons. The fraction of sp³-hybridized carbons (Fsp3) is 0.130. The van der Waals surface area contributed by atoms with Crippen molar-refractivity contribution >= 4 is 33.7 Å². The zero-order valence-electron chi connectivity index (χ0n) is 16.8. The first-order valence-electron chi connectivity index (χ1n) is 10.2. The largest absolute Gasteiger partial charge is 0.340 e. The lowest BCUT2D eigenvalue weighted by molar-refractivity contribution is -0.384. The second-order valence-electron chi connectivity index (χ2n) is 7.94. The molecule has 0 atom stereocenters. The molecule has 0 radical (unpaired) electrons. The van der Waals surface area contributed by atoms with Gasteiger partial charge in [0.05, 0.1) is 10.4 Å². The molecule has 0 saturated heterocycles. The number of aromatic nitrogens is 5. The Kier molecular flexibility index (Phi) is 3.91. The van der Waals surface area contributed by atoms with Gasteiger partial charge in [-0.1, -0.05) is 12.1 Å². The molecule has 0 spiro atoms. The molecule has 2 aromatic carbocycles.